The number of ketones is 1. The molecule has 0 spiro atoms. The van der Waals surface area contributed by atoms with E-state index in [0.717, 1.165) is 37.0 Å². The van der Waals surface area contributed by atoms with Crippen molar-refractivity contribution in [2.45, 2.75) is 44.9 Å². The number of amides is 1. The minimum absolute atomic E-state index is 0.110. The summed E-state index contributed by atoms with van der Waals surface area (Å²) in [5.74, 6) is 0.247. The molecule has 0 aliphatic heterocycles. The van der Waals surface area contributed by atoms with Crippen LogP contribution in [-0.2, 0) is 14.3 Å². The molecule has 0 radical (unpaired) electrons. The van der Waals surface area contributed by atoms with Gasteiger partial charge in [-0.2, -0.15) is 0 Å². The van der Waals surface area contributed by atoms with Gasteiger partial charge in [-0.3, -0.25) is 14.4 Å². The predicted octanol–water partition coefficient (Wildman–Crippen LogP) is 3.27. The Morgan fingerprint density at radius 3 is 2.25 bits per heavy atom. The minimum Gasteiger partial charge on any atom is -0.456 e. The lowest BCUT2D eigenvalue weighted by molar-refractivity contribution is -0.143. The van der Waals surface area contributed by atoms with E-state index in [-0.39, 0.29) is 23.4 Å². The van der Waals surface area contributed by atoms with Gasteiger partial charge >= 0.3 is 5.97 Å². The molecule has 0 atom stereocenters. The molecule has 0 unspecified atom stereocenters. The van der Waals surface area contributed by atoms with Crippen molar-refractivity contribution in [3.8, 4) is 0 Å². The second kappa shape index (κ2) is 7.64. The Morgan fingerprint density at radius 1 is 1.04 bits per heavy atom. The van der Waals surface area contributed by atoms with Crippen LogP contribution in [0.15, 0.2) is 24.3 Å². The maximum absolute atomic E-state index is 13.6. The van der Waals surface area contributed by atoms with E-state index in [4.69, 9.17) is 4.74 Å². The minimum atomic E-state index is -0.691. The van der Waals surface area contributed by atoms with E-state index in [1.54, 1.807) is 6.07 Å². The molecule has 0 aromatic heterocycles. The van der Waals surface area contributed by atoms with Crippen molar-refractivity contribution in [3.63, 3.8) is 0 Å². The lowest BCUT2D eigenvalue weighted by Gasteiger charge is -2.56. The first-order chi connectivity index (χ1) is 13.4. The van der Waals surface area contributed by atoms with Gasteiger partial charge in [-0.05, 0) is 73.8 Å². The maximum Gasteiger partial charge on any atom is 0.325 e. The van der Waals surface area contributed by atoms with E-state index in [0.29, 0.717) is 6.42 Å². The smallest absolute Gasteiger partial charge is 0.325 e. The molecule has 150 valence electrons. The van der Waals surface area contributed by atoms with Gasteiger partial charge in [-0.15, -0.1) is 0 Å². The molecule has 0 saturated heterocycles. The van der Waals surface area contributed by atoms with Crippen molar-refractivity contribution in [1.29, 1.82) is 0 Å². The van der Waals surface area contributed by atoms with E-state index in [1.807, 2.05) is 0 Å². The average molecular weight is 387 g/mol. The van der Waals surface area contributed by atoms with Gasteiger partial charge in [-0.1, -0.05) is 12.1 Å². The zero-order chi connectivity index (χ0) is 19.7. The largest absolute Gasteiger partial charge is 0.456 e. The number of carbonyl (C=O) groups is 3. The van der Waals surface area contributed by atoms with Crippen molar-refractivity contribution >= 4 is 17.7 Å². The first-order valence-corrected chi connectivity index (χ1v) is 10.1. The molecule has 4 fully saturated rings. The van der Waals surface area contributed by atoms with Gasteiger partial charge in [0.05, 0.1) is 5.56 Å². The monoisotopic (exact) mass is 387 g/mol. The normalized spacial score (nSPS) is 30.1. The Kier molecular flexibility index (Phi) is 5.21. The summed E-state index contributed by atoms with van der Waals surface area (Å²) in [6, 6.07) is 5.55. The standard InChI is InChI=1S/C22H26FNO4/c23-18-4-2-1-3-17(18)19(25)13-28-21(27)12-24-20(26)11-22-8-14-5-15(9-22)7-16(6-14)10-22/h1-4,14-16H,5-13H2,(H,24,26). The van der Waals surface area contributed by atoms with Gasteiger partial charge in [0.15, 0.2) is 6.61 Å². The molecule has 5 rings (SSSR count). The summed E-state index contributed by atoms with van der Waals surface area (Å²) < 4.78 is 18.4. The average Bonchev–Trinajstić information content (AvgIpc) is 2.63. The van der Waals surface area contributed by atoms with E-state index < -0.39 is 24.2 Å². The van der Waals surface area contributed by atoms with Gasteiger partial charge < -0.3 is 10.1 Å². The van der Waals surface area contributed by atoms with Crippen LogP contribution in [0.4, 0.5) is 4.39 Å². The fourth-order valence-electron chi connectivity index (χ4n) is 6.04. The van der Waals surface area contributed by atoms with Crippen LogP contribution in [0.5, 0.6) is 0 Å². The quantitative estimate of drug-likeness (QED) is 0.576. The molecule has 4 saturated carbocycles. The maximum atomic E-state index is 13.6. The van der Waals surface area contributed by atoms with Gasteiger partial charge in [-0.25, -0.2) is 4.39 Å². The Balaban J connectivity index is 1.21. The second-order valence-corrected chi connectivity index (χ2v) is 8.93. The van der Waals surface area contributed by atoms with Crippen molar-refractivity contribution < 1.29 is 23.5 Å². The van der Waals surface area contributed by atoms with Crippen LogP contribution in [0.1, 0.15) is 55.3 Å². The summed E-state index contributed by atoms with van der Waals surface area (Å²) in [6.07, 6.45) is 7.84. The Labute approximate surface area is 164 Å². The fourth-order valence-corrected chi connectivity index (χ4v) is 6.04. The molecule has 4 aliphatic carbocycles. The molecule has 4 aliphatic rings. The number of benzene rings is 1. The highest BCUT2D eigenvalue weighted by atomic mass is 19.1. The number of Topliss-reactive ketones (excluding diaryl/α,β-unsaturated/α-hetero) is 1. The number of hydrogen-bond donors (Lipinski definition) is 1. The van der Waals surface area contributed by atoms with Crippen LogP contribution in [0.3, 0.4) is 0 Å². The fraction of sp³-hybridized carbons (Fsp3) is 0.591. The SMILES string of the molecule is O=C(CC12CC3CC(CC(C3)C1)C2)NCC(=O)OCC(=O)c1ccccc1F. The summed E-state index contributed by atoms with van der Waals surface area (Å²) >= 11 is 0. The summed E-state index contributed by atoms with van der Waals surface area (Å²) in [5.41, 5.74) is 0.00458. The van der Waals surface area contributed by atoms with Crippen LogP contribution < -0.4 is 5.32 Å². The van der Waals surface area contributed by atoms with Gasteiger partial charge in [0, 0.05) is 6.42 Å². The lowest BCUT2D eigenvalue weighted by atomic mass is 9.49. The third-order valence-electron chi connectivity index (χ3n) is 6.67. The Hall–Kier alpha value is -2.24. The summed E-state index contributed by atoms with van der Waals surface area (Å²) in [6.45, 7) is -0.805. The first kappa shape index (κ1) is 19.1. The van der Waals surface area contributed by atoms with Crippen LogP contribution in [0.2, 0.25) is 0 Å². The number of rotatable bonds is 7. The van der Waals surface area contributed by atoms with E-state index >= 15 is 0 Å². The van der Waals surface area contributed by atoms with Gasteiger partial charge in [0.25, 0.3) is 0 Å². The topological polar surface area (TPSA) is 72.5 Å². The molecule has 1 N–H and O–H groups in total. The molecule has 1 amide bonds. The zero-order valence-electron chi connectivity index (χ0n) is 15.9. The summed E-state index contributed by atoms with van der Waals surface area (Å²) in [7, 11) is 0. The highest BCUT2D eigenvalue weighted by Gasteiger charge is 2.51. The zero-order valence-corrected chi connectivity index (χ0v) is 15.9. The molecule has 0 heterocycles. The van der Waals surface area contributed by atoms with Crippen LogP contribution >= 0.6 is 0 Å². The molecular formula is C22H26FNO4. The number of ether oxygens (including phenoxy) is 1. The summed E-state index contributed by atoms with van der Waals surface area (Å²) in [4.78, 5) is 36.2. The van der Waals surface area contributed by atoms with Crippen LogP contribution in [0, 0.1) is 29.0 Å². The Morgan fingerprint density at radius 2 is 1.64 bits per heavy atom. The van der Waals surface area contributed by atoms with Crippen LogP contribution in [0.25, 0.3) is 0 Å². The second-order valence-electron chi connectivity index (χ2n) is 8.93. The number of hydrogen-bond acceptors (Lipinski definition) is 4. The van der Waals surface area contributed by atoms with Crippen molar-refractivity contribution in [2.24, 2.45) is 23.2 Å². The van der Waals surface area contributed by atoms with Gasteiger partial charge in [0.1, 0.15) is 12.4 Å². The van der Waals surface area contributed by atoms with E-state index in [1.165, 1.54) is 37.5 Å². The molecule has 28 heavy (non-hydrogen) atoms. The lowest BCUT2D eigenvalue weighted by Crippen LogP contribution is -2.48. The van der Waals surface area contributed by atoms with Crippen LogP contribution in [-0.4, -0.2) is 30.8 Å². The molecular weight excluding hydrogens is 361 g/mol. The van der Waals surface area contributed by atoms with Crippen molar-refractivity contribution in [3.05, 3.63) is 35.6 Å². The first-order valence-electron chi connectivity index (χ1n) is 10.1. The molecule has 6 heteroatoms. The third kappa shape index (κ3) is 4.10. The number of carbonyl (C=O) groups excluding carboxylic acids is 3. The van der Waals surface area contributed by atoms with Gasteiger partial charge in [0.2, 0.25) is 11.7 Å². The molecule has 1 aromatic rings. The predicted molar refractivity (Wildman–Crippen MR) is 99.9 cm³/mol. The third-order valence-corrected chi connectivity index (χ3v) is 6.67. The highest BCUT2D eigenvalue weighted by Crippen LogP contribution is 2.61. The number of esters is 1. The molecule has 5 nitrogen and oxygen atoms in total. The van der Waals surface area contributed by atoms with Crippen molar-refractivity contribution in [2.75, 3.05) is 13.2 Å². The van der Waals surface area contributed by atoms with E-state index in [9.17, 15) is 18.8 Å². The molecule has 4 bridgehead atoms. The number of nitrogens with one attached hydrogen (secondary N) is 1. The number of halogens is 1. The highest BCUT2D eigenvalue weighted by molar-refractivity contribution is 5.98. The van der Waals surface area contributed by atoms with E-state index in [2.05, 4.69) is 5.32 Å². The van der Waals surface area contributed by atoms with Crippen molar-refractivity contribution in [1.82, 2.24) is 5.32 Å². The Bertz CT molecular complexity index is 755. The molecule has 1 aromatic carbocycles. The summed E-state index contributed by atoms with van der Waals surface area (Å²) in [5, 5.41) is 2.63.